The lowest BCUT2D eigenvalue weighted by Gasteiger charge is -2.15. The van der Waals surface area contributed by atoms with Crippen LogP contribution in [0, 0.1) is 6.92 Å². The molecule has 2 rings (SSSR count). The minimum Gasteiger partial charge on any atom is -0.496 e. The number of carbonyl (C=O) groups excluding carboxylic acids is 1. The van der Waals surface area contributed by atoms with Crippen molar-refractivity contribution in [1.29, 1.82) is 0 Å². The average Bonchev–Trinajstić information content (AvgIpc) is 2.79. The van der Waals surface area contributed by atoms with Gasteiger partial charge in [-0.15, -0.1) is 11.3 Å². The summed E-state index contributed by atoms with van der Waals surface area (Å²) < 4.78 is 5.33. The number of amides is 1. The maximum absolute atomic E-state index is 12.2. The zero-order valence-corrected chi connectivity index (χ0v) is 13.3. The second kappa shape index (κ2) is 6.63. The molecule has 1 unspecified atom stereocenters. The van der Waals surface area contributed by atoms with Crippen molar-refractivity contribution in [1.82, 2.24) is 5.32 Å². The molecule has 1 aromatic carbocycles. The molecule has 0 aliphatic heterocycles. The first-order chi connectivity index (χ1) is 10.0. The maximum Gasteiger partial charge on any atom is 0.261 e. The second-order valence-electron chi connectivity index (χ2n) is 5.01. The Hall–Kier alpha value is -2.01. The molecule has 0 spiro atoms. The van der Waals surface area contributed by atoms with Gasteiger partial charge in [0, 0.05) is 16.6 Å². The van der Waals surface area contributed by atoms with E-state index in [1.54, 1.807) is 13.2 Å². The van der Waals surface area contributed by atoms with Crippen LogP contribution < -0.4 is 15.8 Å². The molecule has 3 N–H and O–H groups in total. The fraction of sp³-hybridized carbons (Fsp3) is 0.312. The Balaban J connectivity index is 2.01. The zero-order chi connectivity index (χ0) is 15.4. The molecule has 0 saturated carbocycles. The molecule has 0 aliphatic rings. The van der Waals surface area contributed by atoms with E-state index in [2.05, 4.69) is 5.32 Å². The molecule has 1 heterocycles. The summed E-state index contributed by atoms with van der Waals surface area (Å²) in [5.74, 6) is 0.761. The molecular weight excluding hydrogens is 284 g/mol. The molecule has 2 aromatic rings. The molecule has 5 heteroatoms. The lowest BCUT2D eigenvalue weighted by atomic mass is 10.1. The topological polar surface area (TPSA) is 64.3 Å². The van der Waals surface area contributed by atoms with Gasteiger partial charge in [-0.05, 0) is 38.0 Å². The summed E-state index contributed by atoms with van der Waals surface area (Å²) in [6.45, 7) is 3.89. The monoisotopic (exact) mass is 304 g/mol. The van der Waals surface area contributed by atoms with Crippen molar-refractivity contribution in [3.63, 3.8) is 0 Å². The Bertz CT molecular complexity index is 617. The highest BCUT2D eigenvalue weighted by molar-refractivity contribution is 7.14. The van der Waals surface area contributed by atoms with Crippen LogP contribution in [0.15, 0.2) is 30.3 Å². The van der Waals surface area contributed by atoms with E-state index in [-0.39, 0.29) is 11.9 Å². The van der Waals surface area contributed by atoms with Gasteiger partial charge in [0.05, 0.1) is 12.0 Å². The quantitative estimate of drug-likeness (QED) is 0.892. The lowest BCUT2D eigenvalue weighted by molar-refractivity contribution is 0.0944. The van der Waals surface area contributed by atoms with Gasteiger partial charge in [-0.1, -0.05) is 18.2 Å². The van der Waals surface area contributed by atoms with E-state index in [0.717, 1.165) is 22.6 Å². The summed E-state index contributed by atoms with van der Waals surface area (Å²) in [6, 6.07) is 9.57. The summed E-state index contributed by atoms with van der Waals surface area (Å²) in [5, 5.41) is 3.00. The fourth-order valence-electron chi connectivity index (χ4n) is 2.16. The molecule has 1 atom stereocenters. The number of hydrogen-bond donors (Lipinski definition) is 2. The molecule has 0 saturated heterocycles. The molecule has 0 fully saturated rings. The van der Waals surface area contributed by atoms with Crippen LogP contribution in [0.2, 0.25) is 0 Å². The number of thiophene rings is 1. The van der Waals surface area contributed by atoms with Crippen LogP contribution in [-0.2, 0) is 6.42 Å². The summed E-state index contributed by atoms with van der Waals surface area (Å²) in [6.07, 6.45) is 0.718. The van der Waals surface area contributed by atoms with Gasteiger partial charge >= 0.3 is 0 Å². The number of nitrogens with one attached hydrogen (secondary N) is 1. The minimum atomic E-state index is -0.0813. The average molecular weight is 304 g/mol. The number of nitrogens with two attached hydrogens (primary N) is 1. The molecular formula is C16H20N2O2S. The summed E-state index contributed by atoms with van der Waals surface area (Å²) >= 11 is 1.42. The van der Waals surface area contributed by atoms with Crippen LogP contribution in [0.4, 0.5) is 5.69 Å². The van der Waals surface area contributed by atoms with E-state index < -0.39 is 0 Å². The first-order valence-corrected chi connectivity index (χ1v) is 7.61. The third kappa shape index (κ3) is 3.76. The van der Waals surface area contributed by atoms with Crippen molar-refractivity contribution in [2.45, 2.75) is 26.3 Å². The second-order valence-corrected chi connectivity index (χ2v) is 6.27. The Kier molecular flexibility index (Phi) is 4.85. The lowest BCUT2D eigenvalue weighted by Crippen LogP contribution is -2.33. The summed E-state index contributed by atoms with van der Waals surface area (Å²) in [5.41, 5.74) is 7.53. The smallest absolute Gasteiger partial charge is 0.261 e. The number of methoxy groups -OCH3 is 1. The SMILES string of the molecule is COc1ccccc1CC(C)NC(=O)c1cc(N)c(C)s1. The number of para-hydroxylation sites is 1. The van der Waals surface area contributed by atoms with Gasteiger partial charge < -0.3 is 15.8 Å². The van der Waals surface area contributed by atoms with E-state index in [1.165, 1.54) is 11.3 Å². The highest BCUT2D eigenvalue weighted by Crippen LogP contribution is 2.23. The van der Waals surface area contributed by atoms with Gasteiger partial charge in [-0.25, -0.2) is 0 Å². The predicted molar refractivity (Wildman–Crippen MR) is 87.1 cm³/mol. The summed E-state index contributed by atoms with van der Waals surface area (Å²) in [7, 11) is 1.65. The van der Waals surface area contributed by atoms with Gasteiger partial charge in [0.1, 0.15) is 5.75 Å². The molecule has 112 valence electrons. The normalized spacial score (nSPS) is 12.0. The van der Waals surface area contributed by atoms with Crippen LogP contribution in [-0.4, -0.2) is 19.1 Å². The minimum absolute atomic E-state index is 0.0115. The van der Waals surface area contributed by atoms with Gasteiger partial charge in [0.15, 0.2) is 0 Å². The maximum atomic E-state index is 12.2. The van der Waals surface area contributed by atoms with Crippen molar-refractivity contribution in [2.24, 2.45) is 0 Å². The van der Waals surface area contributed by atoms with Crippen molar-refractivity contribution < 1.29 is 9.53 Å². The molecule has 0 aliphatic carbocycles. The van der Waals surface area contributed by atoms with Crippen LogP contribution in [0.1, 0.15) is 27.0 Å². The third-order valence-electron chi connectivity index (χ3n) is 3.28. The number of hydrogen-bond acceptors (Lipinski definition) is 4. The Labute approximate surface area is 128 Å². The number of aryl methyl sites for hydroxylation is 1. The zero-order valence-electron chi connectivity index (χ0n) is 12.5. The number of carbonyl (C=O) groups is 1. The van der Waals surface area contributed by atoms with Crippen molar-refractivity contribution in [3.05, 3.63) is 45.6 Å². The molecule has 21 heavy (non-hydrogen) atoms. The number of nitrogen functional groups attached to an aromatic ring is 1. The van der Waals surface area contributed by atoms with E-state index in [4.69, 9.17) is 10.5 Å². The van der Waals surface area contributed by atoms with E-state index in [1.807, 2.05) is 38.1 Å². The first-order valence-electron chi connectivity index (χ1n) is 6.80. The Morgan fingerprint density at radius 2 is 2.14 bits per heavy atom. The van der Waals surface area contributed by atoms with E-state index in [0.29, 0.717) is 10.6 Å². The number of anilines is 1. The molecule has 0 bridgehead atoms. The summed E-state index contributed by atoms with van der Waals surface area (Å²) in [4.78, 5) is 13.8. The molecule has 1 amide bonds. The highest BCUT2D eigenvalue weighted by Gasteiger charge is 2.15. The first kappa shape index (κ1) is 15.4. The third-order valence-corrected chi connectivity index (χ3v) is 4.34. The van der Waals surface area contributed by atoms with Gasteiger partial charge in [-0.2, -0.15) is 0 Å². The van der Waals surface area contributed by atoms with Crippen LogP contribution in [0.5, 0.6) is 5.75 Å². The fourth-order valence-corrected chi connectivity index (χ4v) is 3.00. The number of rotatable bonds is 5. The van der Waals surface area contributed by atoms with E-state index >= 15 is 0 Å². The van der Waals surface area contributed by atoms with Crippen molar-refractivity contribution in [2.75, 3.05) is 12.8 Å². The largest absolute Gasteiger partial charge is 0.496 e. The van der Waals surface area contributed by atoms with Crippen molar-refractivity contribution in [3.8, 4) is 5.75 Å². The molecule has 0 radical (unpaired) electrons. The van der Waals surface area contributed by atoms with Gasteiger partial charge in [0.25, 0.3) is 5.91 Å². The van der Waals surface area contributed by atoms with Crippen molar-refractivity contribution >= 4 is 22.9 Å². The van der Waals surface area contributed by atoms with Crippen LogP contribution in [0.25, 0.3) is 0 Å². The van der Waals surface area contributed by atoms with E-state index in [9.17, 15) is 4.79 Å². The Morgan fingerprint density at radius 3 is 2.76 bits per heavy atom. The molecule has 1 aromatic heterocycles. The number of benzene rings is 1. The van der Waals surface area contributed by atoms with Gasteiger partial charge in [-0.3, -0.25) is 4.79 Å². The Morgan fingerprint density at radius 1 is 1.43 bits per heavy atom. The standard InChI is InChI=1S/C16H20N2O2S/c1-10(8-12-6-4-5-7-14(12)20-3)18-16(19)15-9-13(17)11(2)21-15/h4-7,9-10H,8,17H2,1-3H3,(H,18,19). The molecule has 4 nitrogen and oxygen atoms in total. The van der Waals surface area contributed by atoms with Gasteiger partial charge in [0.2, 0.25) is 0 Å². The predicted octanol–water partition coefficient (Wildman–Crippen LogP) is 3.01. The van der Waals surface area contributed by atoms with Crippen LogP contribution >= 0.6 is 11.3 Å². The highest BCUT2D eigenvalue weighted by atomic mass is 32.1. The van der Waals surface area contributed by atoms with Crippen LogP contribution in [0.3, 0.4) is 0 Å². The number of ether oxygens (including phenoxy) is 1.